The lowest BCUT2D eigenvalue weighted by Gasteiger charge is -2.05. The number of aromatic nitrogens is 3. The fourth-order valence-electron chi connectivity index (χ4n) is 1.13. The highest BCUT2D eigenvalue weighted by atomic mass is 32.1. The van der Waals surface area contributed by atoms with Crippen LogP contribution in [0.25, 0.3) is 0 Å². The molecule has 0 atom stereocenters. The van der Waals surface area contributed by atoms with E-state index in [1.54, 1.807) is 0 Å². The molecule has 1 aromatic rings. The molecular weight excluding hydrogens is 231 g/mol. The van der Waals surface area contributed by atoms with Gasteiger partial charge in [-0.05, 0) is 25.1 Å². The Hall–Kier alpha value is -1.05. The Labute approximate surface area is 88.1 Å². The quantitative estimate of drug-likeness (QED) is 0.625. The number of hydrogen-bond acceptors (Lipinski definition) is 2. The van der Waals surface area contributed by atoms with Gasteiger partial charge in [0.1, 0.15) is 0 Å². The first kappa shape index (κ1) is 12.0. The van der Waals surface area contributed by atoms with Crippen LogP contribution in [0.2, 0.25) is 0 Å². The summed E-state index contributed by atoms with van der Waals surface area (Å²) in [6, 6.07) is 0. The van der Waals surface area contributed by atoms with Gasteiger partial charge >= 0.3 is 11.9 Å². The van der Waals surface area contributed by atoms with Crippen molar-refractivity contribution in [1.82, 2.24) is 14.8 Å². The van der Waals surface area contributed by atoms with Crippen LogP contribution in [0.5, 0.6) is 0 Å². The van der Waals surface area contributed by atoms with E-state index in [-0.39, 0.29) is 24.2 Å². The highest BCUT2D eigenvalue weighted by Crippen LogP contribution is 2.22. The molecule has 0 aliphatic heterocycles. The molecule has 0 saturated carbocycles. The Kier molecular flexibility index (Phi) is 3.72. The molecule has 0 radical (unpaired) electrons. The lowest BCUT2D eigenvalue weighted by molar-refractivity contribution is -0.135. The monoisotopic (exact) mass is 241 g/mol. The average Bonchev–Trinajstić information content (AvgIpc) is 2.40. The Morgan fingerprint density at radius 3 is 2.40 bits per heavy atom. The van der Waals surface area contributed by atoms with E-state index in [2.05, 4.69) is 10.2 Å². The smallest absolute Gasteiger partial charge is 0.272 e. The molecule has 0 saturated heterocycles. The van der Waals surface area contributed by atoms with Gasteiger partial charge < -0.3 is 0 Å². The second kappa shape index (κ2) is 4.65. The first-order valence-electron chi connectivity index (χ1n) is 4.34. The largest absolute Gasteiger partial charge is 0.389 e. The molecule has 0 aliphatic rings. The van der Waals surface area contributed by atoms with Crippen LogP contribution in [0.1, 0.15) is 19.3 Å². The van der Waals surface area contributed by atoms with Gasteiger partial charge in [0.25, 0.3) is 0 Å². The molecule has 0 aromatic carbocycles. The third kappa shape index (κ3) is 3.90. The number of aromatic amines is 2. The first-order valence-corrected chi connectivity index (χ1v) is 4.75. The van der Waals surface area contributed by atoms with Gasteiger partial charge in [-0.3, -0.25) is 9.67 Å². The molecule has 0 unspecified atom stereocenters. The zero-order valence-electron chi connectivity index (χ0n) is 7.73. The van der Waals surface area contributed by atoms with Crippen LogP contribution in [-0.4, -0.2) is 20.9 Å². The number of rotatable bonds is 4. The molecule has 1 heterocycles. The number of halogens is 3. The summed E-state index contributed by atoms with van der Waals surface area (Å²) in [7, 11) is 0. The molecule has 86 valence electrons. The second-order valence-corrected chi connectivity index (χ2v) is 3.47. The molecule has 0 bridgehead atoms. The van der Waals surface area contributed by atoms with Crippen molar-refractivity contribution in [1.29, 1.82) is 0 Å². The molecule has 8 heteroatoms. The predicted molar refractivity (Wildman–Crippen MR) is 50.1 cm³/mol. The maximum atomic E-state index is 11.8. The number of unbranched alkanes of at least 4 members (excludes halogenated alkanes) is 1. The zero-order valence-corrected chi connectivity index (χ0v) is 8.54. The van der Waals surface area contributed by atoms with Gasteiger partial charge in [-0.15, -0.1) is 0 Å². The minimum Gasteiger partial charge on any atom is -0.272 e. The summed E-state index contributed by atoms with van der Waals surface area (Å²) >= 11 is 4.75. The number of nitrogens with zero attached hydrogens (tertiary/aromatic N) is 1. The third-order valence-electron chi connectivity index (χ3n) is 1.86. The molecule has 0 spiro atoms. The molecular formula is C7H10F3N3OS. The molecule has 0 fully saturated rings. The van der Waals surface area contributed by atoms with Crippen molar-refractivity contribution in [3.05, 3.63) is 15.3 Å². The van der Waals surface area contributed by atoms with E-state index in [9.17, 15) is 18.0 Å². The molecule has 4 nitrogen and oxygen atoms in total. The van der Waals surface area contributed by atoms with Crippen LogP contribution in [0.3, 0.4) is 0 Å². The molecule has 0 amide bonds. The molecule has 1 aromatic heterocycles. The van der Waals surface area contributed by atoms with Crippen LogP contribution in [0, 0.1) is 4.77 Å². The van der Waals surface area contributed by atoms with Gasteiger partial charge in [0.2, 0.25) is 0 Å². The summed E-state index contributed by atoms with van der Waals surface area (Å²) in [6.07, 6.45) is -4.70. The van der Waals surface area contributed by atoms with Crippen LogP contribution >= 0.6 is 12.2 Å². The van der Waals surface area contributed by atoms with Gasteiger partial charge in [-0.2, -0.15) is 13.2 Å². The minimum absolute atomic E-state index is 0.00407. The third-order valence-corrected chi connectivity index (χ3v) is 2.18. The highest BCUT2D eigenvalue weighted by molar-refractivity contribution is 7.71. The second-order valence-electron chi connectivity index (χ2n) is 3.08. The number of H-pyrrole nitrogens is 2. The van der Waals surface area contributed by atoms with Crippen molar-refractivity contribution >= 4 is 12.2 Å². The van der Waals surface area contributed by atoms with E-state index in [0.29, 0.717) is 0 Å². The maximum absolute atomic E-state index is 11.8. The van der Waals surface area contributed by atoms with Crippen molar-refractivity contribution in [2.75, 3.05) is 0 Å². The Bertz CT molecular complexity index is 389. The van der Waals surface area contributed by atoms with Gasteiger partial charge in [0.15, 0.2) is 4.77 Å². The Balaban J connectivity index is 2.39. The van der Waals surface area contributed by atoms with E-state index in [1.807, 2.05) is 0 Å². The summed E-state index contributed by atoms with van der Waals surface area (Å²) in [5.41, 5.74) is -0.424. The fourth-order valence-corrected chi connectivity index (χ4v) is 1.36. The van der Waals surface area contributed by atoms with Crippen molar-refractivity contribution in [3.63, 3.8) is 0 Å². The van der Waals surface area contributed by atoms with Crippen LogP contribution in [0.4, 0.5) is 13.2 Å². The van der Waals surface area contributed by atoms with Crippen LogP contribution in [0.15, 0.2) is 4.79 Å². The van der Waals surface area contributed by atoms with Gasteiger partial charge in [-0.1, -0.05) is 0 Å². The van der Waals surface area contributed by atoms with Crippen molar-refractivity contribution in [2.45, 2.75) is 32.0 Å². The lowest BCUT2D eigenvalue weighted by atomic mass is 10.2. The summed E-state index contributed by atoms with van der Waals surface area (Å²) in [5, 5.41) is 4.66. The van der Waals surface area contributed by atoms with Crippen molar-refractivity contribution in [2.24, 2.45) is 0 Å². The predicted octanol–water partition coefficient (Wildman–Crippen LogP) is 1.97. The highest BCUT2D eigenvalue weighted by Gasteiger charge is 2.25. The lowest BCUT2D eigenvalue weighted by Crippen LogP contribution is -2.17. The topological polar surface area (TPSA) is 53.6 Å². The minimum atomic E-state index is -4.13. The summed E-state index contributed by atoms with van der Waals surface area (Å²) in [5.74, 6) is 0. The van der Waals surface area contributed by atoms with Crippen molar-refractivity contribution in [3.8, 4) is 0 Å². The number of hydrogen-bond donors (Lipinski definition) is 2. The normalized spacial score (nSPS) is 11.9. The van der Waals surface area contributed by atoms with E-state index in [0.717, 1.165) is 0 Å². The maximum Gasteiger partial charge on any atom is 0.389 e. The van der Waals surface area contributed by atoms with E-state index in [1.165, 1.54) is 4.57 Å². The summed E-state index contributed by atoms with van der Waals surface area (Å²) in [6.45, 7) is 0.202. The molecule has 15 heavy (non-hydrogen) atoms. The summed E-state index contributed by atoms with van der Waals surface area (Å²) in [4.78, 5) is 11.0. The number of nitrogens with one attached hydrogen (secondary N) is 2. The Morgan fingerprint density at radius 2 is 1.93 bits per heavy atom. The standard InChI is InChI=1S/C7H10F3N3OS/c8-7(9,10)3-1-2-4-13-5(14)11-12-6(13)15/h1-4H2,(H,11,14)(H,12,15). The first-order chi connectivity index (χ1) is 6.90. The van der Waals surface area contributed by atoms with E-state index < -0.39 is 18.3 Å². The fraction of sp³-hybridized carbons (Fsp3) is 0.714. The molecule has 0 aliphatic carbocycles. The summed E-state index contributed by atoms with van der Waals surface area (Å²) < 4.78 is 36.7. The van der Waals surface area contributed by atoms with Crippen molar-refractivity contribution < 1.29 is 13.2 Å². The molecule has 1 rings (SSSR count). The zero-order chi connectivity index (χ0) is 11.5. The van der Waals surface area contributed by atoms with Gasteiger partial charge in [-0.25, -0.2) is 9.89 Å². The van der Waals surface area contributed by atoms with Gasteiger partial charge in [0.05, 0.1) is 0 Å². The molecule has 2 N–H and O–H groups in total. The van der Waals surface area contributed by atoms with Gasteiger partial charge in [0, 0.05) is 13.0 Å². The van der Waals surface area contributed by atoms with E-state index >= 15 is 0 Å². The van der Waals surface area contributed by atoms with E-state index in [4.69, 9.17) is 12.2 Å². The Morgan fingerprint density at radius 1 is 1.27 bits per heavy atom. The average molecular weight is 241 g/mol. The van der Waals surface area contributed by atoms with Crippen LogP contribution in [-0.2, 0) is 6.54 Å². The number of alkyl halides is 3. The van der Waals surface area contributed by atoms with Crippen LogP contribution < -0.4 is 5.69 Å². The SMILES string of the molecule is O=c1[nH][nH]c(=S)n1CCCCC(F)(F)F.